The molecule has 7 heteroatoms. The lowest BCUT2D eigenvalue weighted by Gasteiger charge is -2.22. The number of nitrogens with one attached hydrogen (secondary N) is 1. The van der Waals surface area contributed by atoms with Crippen LogP contribution in [0.5, 0.6) is 0 Å². The number of hydrogen-bond acceptors (Lipinski definition) is 4. The Hall–Kier alpha value is -3.09. The summed E-state index contributed by atoms with van der Waals surface area (Å²) in [6.45, 7) is 1.38. The molecule has 164 valence electrons. The second-order valence-electron chi connectivity index (χ2n) is 8.60. The van der Waals surface area contributed by atoms with E-state index in [1.807, 2.05) is 24.3 Å². The number of anilines is 2. The van der Waals surface area contributed by atoms with Crippen molar-refractivity contribution >= 4 is 23.5 Å². The van der Waals surface area contributed by atoms with E-state index in [-0.39, 0.29) is 11.9 Å². The summed E-state index contributed by atoms with van der Waals surface area (Å²) >= 11 is 0. The third kappa shape index (κ3) is 4.98. The molecule has 0 bridgehead atoms. The lowest BCUT2D eigenvalue weighted by molar-refractivity contribution is 0.102. The minimum absolute atomic E-state index is 0.0322. The van der Waals surface area contributed by atoms with Gasteiger partial charge < -0.3 is 20.2 Å². The van der Waals surface area contributed by atoms with E-state index in [4.69, 9.17) is 5.11 Å². The molecule has 2 N–H and O–H groups in total. The summed E-state index contributed by atoms with van der Waals surface area (Å²) in [5, 5.41) is 12.1. The third-order valence-electron chi connectivity index (χ3n) is 6.59. The summed E-state index contributed by atoms with van der Waals surface area (Å²) in [6, 6.07) is 11.7. The highest BCUT2D eigenvalue weighted by Crippen LogP contribution is 2.32. The molecule has 1 saturated heterocycles. The first kappa shape index (κ1) is 21.2. The van der Waals surface area contributed by atoms with E-state index in [0.29, 0.717) is 23.7 Å². The maximum atomic E-state index is 12.6. The highest BCUT2D eigenvalue weighted by molar-refractivity contribution is 6.04. The van der Waals surface area contributed by atoms with Gasteiger partial charge in [-0.15, -0.1) is 0 Å². The molecule has 1 unspecified atom stereocenters. The number of carboxylic acid groups (broad SMARTS) is 1. The van der Waals surface area contributed by atoms with Crippen LogP contribution in [0, 0.1) is 0 Å². The molecule has 1 aromatic carbocycles. The number of nitrogens with zero attached hydrogens (tertiary/aromatic N) is 3. The van der Waals surface area contributed by atoms with Crippen molar-refractivity contribution in [2.45, 2.75) is 50.5 Å². The summed E-state index contributed by atoms with van der Waals surface area (Å²) in [5.74, 6) is 1.27. The van der Waals surface area contributed by atoms with E-state index in [9.17, 15) is 9.59 Å². The van der Waals surface area contributed by atoms with Crippen LogP contribution in [0.4, 0.5) is 16.3 Å². The number of aromatic nitrogens is 1. The molecule has 4 rings (SSSR count). The van der Waals surface area contributed by atoms with Crippen molar-refractivity contribution in [2.75, 3.05) is 30.4 Å². The summed E-state index contributed by atoms with van der Waals surface area (Å²) < 4.78 is 0. The number of pyridine rings is 1. The second kappa shape index (κ2) is 9.37. The van der Waals surface area contributed by atoms with Crippen LogP contribution in [0.1, 0.15) is 60.4 Å². The number of likely N-dealkylation sites (N-methyl/N-ethyl adjacent to an activating group) is 1. The number of rotatable bonds is 5. The van der Waals surface area contributed by atoms with Crippen LogP contribution in [0.15, 0.2) is 42.6 Å². The highest BCUT2D eigenvalue weighted by atomic mass is 16.4. The Labute approximate surface area is 183 Å². The van der Waals surface area contributed by atoms with Crippen molar-refractivity contribution in [3.63, 3.8) is 0 Å². The smallest absolute Gasteiger partial charge is 0.407 e. The summed E-state index contributed by atoms with van der Waals surface area (Å²) in [6.07, 6.45) is 7.93. The number of amides is 2. The average molecular weight is 423 g/mol. The molecule has 0 spiro atoms. The minimum atomic E-state index is -0.912. The lowest BCUT2D eigenvalue weighted by atomic mass is 9.84. The highest BCUT2D eigenvalue weighted by Gasteiger charge is 2.28. The molecule has 1 aliphatic carbocycles. The fourth-order valence-corrected chi connectivity index (χ4v) is 4.62. The van der Waals surface area contributed by atoms with Crippen molar-refractivity contribution in [3.05, 3.63) is 53.7 Å². The SMILES string of the molecule is CN(C(=O)O)C1CCN(c2ccc(NC(=O)c3ccc(C4CCCCC4)cc3)cn2)C1. The standard InChI is InChI=1S/C24H30N4O3/c1-27(24(30)31)21-13-14-28(16-21)22-12-11-20(15-25-22)26-23(29)19-9-7-18(8-10-19)17-5-3-2-4-6-17/h7-12,15,17,21H,2-6,13-14,16H2,1H3,(H,26,29)(H,30,31). The van der Waals surface area contributed by atoms with Gasteiger partial charge in [0.15, 0.2) is 0 Å². The van der Waals surface area contributed by atoms with Gasteiger partial charge in [0, 0.05) is 25.7 Å². The summed E-state index contributed by atoms with van der Waals surface area (Å²) in [7, 11) is 1.60. The monoisotopic (exact) mass is 422 g/mol. The number of carbonyl (C=O) groups is 2. The molecular formula is C24H30N4O3. The van der Waals surface area contributed by atoms with Crippen molar-refractivity contribution in [3.8, 4) is 0 Å². The normalized spacial score (nSPS) is 19.3. The molecule has 1 aliphatic heterocycles. The largest absolute Gasteiger partial charge is 0.465 e. The molecule has 0 radical (unpaired) electrons. The Bertz CT molecular complexity index is 907. The van der Waals surface area contributed by atoms with Gasteiger partial charge in [-0.25, -0.2) is 9.78 Å². The van der Waals surface area contributed by atoms with Gasteiger partial charge in [0.2, 0.25) is 0 Å². The van der Waals surface area contributed by atoms with E-state index < -0.39 is 6.09 Å². The number of hydrogen-bond donors (Lipinski definition) is 2. The second-order valence-corrected chi connectivity index (χ2v) is 8.60. The Morgan fingerprint density at radius 1 is 1.06 bits per heavy atom. The molecule has 2 fully saturated rings. The fourth-order valence-electron chi connectivity index (χ4n) is 4.62. The topological polar surface area (TPSA) is 85.8 Å². The number of carbonyl (C=O) groups excluding carboxylic acids is 1. The Morgan fingerprint density at radius 3 is 2.45 bits per heavy atom. The van der Waals surface area contributed by atoms with Crippen LogP contribution >= 0.6 is 0 Å². The van der Waals surface area contributed by atoms with Crippen LogP contribution in [0.25, 0.3) is 0 Å². The van der Waals surface area contributed by atoms with Crippen molar-refractivity contribution in [1.29, 1.82) is 0 Å². The van der Waals surface area contributed by atoms with Crippen LogP contribution in [0.3, 0.4) is 0 Å². The first-order valence-corrected chi connectivity index (χ1v) is 11.1. The Morgan fingerprint density at radius 2 is 1.81 bits per heavy atom. The van der Waals surface area contributed by atoms with E-state index >= 15 is 0 Å². The molecule has 31 heavy (non-hydrogen) atoms. The van der Waals surface area contributed by atoms with Crippen LogP contribution in [-0.4, -0.2) is 53.2 Å². The van der Waals surface area contributed by atoms with Crippen LogP contribution in [-0.2, 0) is 0 Å². The molecule has 2 heterocycles. The van der Waals surface area contributed by atoms with Crippen molar-refractivity contribution in [2.24, 2.45) is 0 Å². The first-order chi connectivity index (χ1) is 15.0. The maximum Gasteiger partial charge on any atom is 0.407 e. The molecule has 2 aromatic rings. The van der Waals surface area contributed by atoms with Crippen molar-refractivity contribution in [1.82, 2.24) is 9.88 Å². The lowest BCUT2D eigenvalue weighted by Crippen LogP contribution is -2.38. The quantitative estimate of drug-likeness (QED) is 0.737. The number of benzene rings is 1. The zero-order chi connectivity index (χ0) is 21.8. The average Bonchev–Trinajstić information content (AvgIpc) is 3.30. The van der Waals surface area contributed by atoms with E-state index in [2.05, 4.69) is 27.3 Å². The van der Waals surface area contributed by atoms with Gasteiger partial charge >= 0.3 is 6.09 Å². The Kier molecular flexibility index (Phi) is 6.39. The zero-order valence-electron chi connectivity index (χ0n) is 18.0. The molecule has 7 nitrogen and oxygen atoms in total. The third-order valence-corrected chi connectivity index (χ3v) is 6.59. The van der Waals surface area contributed by atoms with Gasteiger partial charge in [-0.1, -0.05) is 31.4 Å². The van der Waals surface area contributed by atoms with Crippen molar-refractivity contribution < 1.29 is 14.7 Å². The maximum absolute atomic E-state index is 12.6. The van der Waals surface area contributed by atoms with E-state index in [1.54, 1.807) is 13.2 Å². The van der Waals surface area contributed by atoms with E-state index in [1.165, 1.54) is 42.6 Å². The zero-order valence-corrected chi connectivity index (χ0v) is 18.0. The van der Waals surface area contributed by atoms with Crippen LogP contribution in [0.2, 0.25) is 0 Å². The van der Waals surface area contributed by atoms with Gasteiger partial charge in [0.05, 0.1) is 17.9 Å². The van der Waals surface area contributed by atoms with Gasteiger partial charge in [0.1, 0.15) is 5.82 Å². The molecule has 2 aliphatic rings. The molecule has 1 aromatic heterocycles. The summed E-state index contributed by atoms with van der Waals surface area (Å²) in [4.78, 5) is 31.6. The van der Waals surface area contributed by atoms with E-state index in [0.717, 1.165) is 18.8 Å². The van der Waals surface area contributed by atoms with Gasteiger partial charge in [-0.2, -0.15) is 0 Å². The predicted molar refractivity (Wildman–Crippen MR) is 121 cm³/mol. The first-order valence-electron chi connectivity index (χ1n) is 11.1. The fraction of sp³-hybridized carbons (Fsp3) is 0.458. The summed E-state index contributed by atoms with van der Waals surface area (Å²) in [5.41, 5.74) is 2.62. The molecular weight excluding hydrogens is 392 g/mol. The van der Waals surface area contributed by atoms with Gasteiger partial charge in [0.25, 0.3) is 5.91 Å². The van der Waals surface area contributed by atoms with Gasteiger partial charge in [-0.3, -0.25) is 4.79 Å². The Balaban J connectivity index is 1.33. The van der Waals surface area contributed by atoms with Crippen LogP contribution < -0.4 is 10.2 Å². The predicted octanol–water partition coefficient (Wildman–Crippen LogP) is 4.57. The van der Waals surface area contributed by atoms with Gasteiger partial charge in [-0.05, 0) is 55.0 Å². The molecule has 1 saturated carbocycles. The molecule has 1 atom stereocenters. The minimum Gasteiger partial charge on any atom is -0.465 e. The molecule has 2 amide bonds.